The summed E-state index contributed by atoms with van der Waals surface area (Å²) >= 11 is 0. The molecule has 8 nitrogen and oxygen atoms in total. The Labute approximate surface area is 323 Å². The highest BCUT2D eigenvalue weighted by atomic mass is 16.6. The Kier molecular flexibility index (Phi) is 11.6. The molecule has 2 amide bonds. The van der Waals surface area contributed by atoms with Crippen molar-refractivity contribution in [3.63, 3.8) is 0 Å². The average Bonchev–Trinajstić information content (AvgIpc) is 3.13. The van der Waals surface area contributed by atoms with E-state index in [4.69, 9.17) is 14.2 Å². The average molecular weight is 741 g/mol. The van der Waals surface area contributed by atoms with Crippen LogP contribution in [-0.4, -0.2) is 49.1 Å². The highest BCUT2D eigenvalue weighted by Crippen LogP contribution is 2.40. The summed E-state index contributed by atoms with van der Waals surface area (Å²) < 4.78 is 16.3. The van der Waals surface area contributed by atoms with Gasteiger partial charge < -0.3 is 24.8 Å². The fourth-order valence-corrected chi connectivity index (χ4v) is 7.24. The molecular formula is C47H52N2O6. The molecule has 0 fully saturated rings. The predicted octanol–water partition coefficient (Wildman–Crippen LogP) is 11.0. The number of aryl methyl sites for hydroxylation is 2. The van der Waals surface area contributed by atoms with Gasteiger partial charge in [-0.2, -0.15) is 0 Å². The first-order chi connectivity index (χ1) is 26.2. The number of rotatable bonds is 12. The lowest BCUT2D eigenvalue weighted by molar-refractivity contribution is 0.0516. The van der Waals surface area contributed by atoms with Crippen LogP contribution >= 0.6 is 0 Å². The maximum atomic E-state index is 13.2. The van der Waals surface area contributed by atoms with Crippen molar-refractivity contribution in [2.75, 3.05) is 19.7 Å². The van der Waals surface area contributed by atoms with E-state index in [0.29, 0.717) is 44.3 Å². The Morgan fingerprint density at radius 1 is 0.600 bits per heavy atom. The number of carbonyl (C=O) groups excluding carboxylic acids is 3. The fourth-order valence-electron chi connectivity index (χ4n) is 7.24. The molecule has 0 aliphatic rings. The molecule has 55 heavy (non-hydrogen) atoms. The summed E-state index contributed by atoms with van der Waals surface area (Å²) in [6, 6.07) is 32.2. The minimum atomic E-state index is -0.595. The topological polar surface area (TPSA) is 103 Å². The zero-order valence-corrected chi connectivity index (χ0v) is 33.1. The number of benzene rings is 6. The summed E-state index contributed by atoms with van der Waals surface area (Å²) in [5, 5.41) is 13.2. The molecule has 286 valence electrons. The van der Waals surface area contributed by atoms with Crippen LogP contribution in [0.1, 0.15) is 82.8 Å². The SMILES string of the molecule is CCOC(=O)c1cc(CCCNC(=O)OC(C)(C)C)c(-c2ccc(-c3ccc4ccc5cccc6ccc3c4c56)cc2)c(CCCNC(=O)OC(C)(C)C)c1. The van der Waals surface area contributed by atoms with Crippen molar-refractivity contribution >= 4 is 50.5 Å². The van der Waals surface area contributed by atoms with Crippen LogP contribution in [-0.2, 0) is 27.1 Å². The first kappa shape index (κ1) is 39.1. The van der Waals surface area contributed by atoms with Crippen molar-refractivity contribution in [2.45, 2.75) is 85.4 Å². The third-order valence-electron chi connectivity index (χ3n) is 9.41. The van der Waals surface area contributed by atoms with Gasteiger partial charge in [0.1, 0.15) is 11.2 Å². The molecule has 0 bridgehead atoms. The molecule has 6 rings (SSSR count). The van der Waals surface area contributed by atoms with Gasteiger partial charge in [-0.3, -0.25) is 0 Å². The summed E-state index contributed by atoms with van der Waals surface area (Å²) in [6.07, 6.45) is 1.51. The first-order valence-electron chi connectivity index (χ1n) is 19.2. The van der Waals surface area contributed by atoms with E-state index in [1.54, 1.807) is 6.92 Å². The van der Waals surface area contributed by atoms with E-state index in [1.807, 2.05) is 53.7 Å². The maximum absolute atomic E-state index is 13.2. The minimum absolute atomic E-state index is 0.259. The Balaban J connectivity index is 1.35. The summed E-state index contributed by atoms with van der Waals surface area (Å²) in [6.45, 7) is 13.9. The van der Waals surface area contributed by atoms with Gasteiger partial charge >= 0.3 is 18.2 Å². The molecule has 0 saturated heterocycles. The normalized spacial score (nSPS) is 11.9. The van der Waals surface area contributed by atoms with E-state index in [9.17, 15) is 14.4 Å². The lowest BCUT2D eigenvalue weighted by Gasteiger charge is -2.21. The lowest BCUT2D eigenvalue weighted by Crippen LogP contribution is -2.33. The number of esters is 1. The van der Waals surface area contributed by atoms with Crippen molar-refractivity contribution in [3.05, 3.63) is 108 Å². The number of carbonyl (C=O) groups is 3. The Hall–Kier alpha value is -5.63. The van der Waals surface area contributed by atoms with Crippen LogP contribution < -0.4 is 10.6 Å². The minimum Gasteiger partial charge on any atom is -0.462 e. The molecule has 0 aliphatic carbocycles. The van der Waals surface area contributed by atoms with Gasteiger partial charge in [-0.15, -0.1) is 0 Å². The van der Waals surface area contributed by atoms with Gasteiger partial charge in [0.25, 0.3) is 0 Å². The maximum Gasteiger partial charge on any atom is 0.407 e. The first-order valence-corrected chi connectivity index (χ1v) is 19.2. The third kappa shape index (κ3) is 9.55. The van der Waals surface area contributed by atoms with Gasteiger partial charge in [-0.25, -0.2) is 14.4 Å². The van der Waals surface area contributed by atoms with E-state index in [1.165, 1.54) is 32.3 Å². The molecule has 0 saturated carbocycles. The zero-order valence-electron chi connectivity index (χ0n) is 33.1. The Morgan fingerprint density at radius 3 is 1.62 bits per heavy atom. The predicted molar refractivity (Wildman–Crippen MR) is 222 cm³/mol. The van der Waals surface area contributed by atoms with Crippen LogP contribution in [0.3, 0.4) is 0 Å². The van der Waals surface area contributed by atoms with Crippen molar-refractivity contribution in [2.24, 2.45) is 0 Å². The number of ether oxygens (including phenoxy) is 3. The smallest absolute Gasteiger partial charge is 0.407 e. The van der Waals surface area contributed by atoms with Gasteiger partial charge in [0, 0.05) is 13.1 Å². The Morgan fingerprint density at radius 2 is 1.09 bits per heavy atom. The van der Waals surface area contributed by atoms with E-state index < -0.39 is 23.4 Å². The number of nitrogens with one attached hydrogen (secondary N) is 2. The second-order valence-corrected chi connectivity index (χ2v) is 16.0. The van der Waals surface area contributed by atoms with Crippen LogP contribution in [0.25, 0.3) is 54.6 Å². The molecule has 0 atom stereocenters. The van der Waals surface area contributed by atoms with Crippen molar-refractivity contribution in [1.29, 1.82) is 0 Å². The van der Waals surface area contributed by atoms with E-state index in [0.717, 1.165) is 33.4 Å². The molecule has 6 aromatic rings. The number of hydrogen-bond acceptors (Lipinski definition) is 6. The van der Waals surface area contributed by atoms with Gasteiger partial charge in [-0.1, -0.05) is 78.9 Å². The van der Waals surface area contributed by atoms with Crippen LogP contribution in [0.2, 0.25) is 0 Å². The highest BCUT2D eigenvalue weighted by molar-refractivity contribution is 6.25. The fraction of sp³-hybridized carbons (Fsp3) is 0.340. The molecule has 0 aromatic heterocycles. The van der Waals surface area contributed by atoms with Gasteiger partial charge in [0.05, 0.1) is 12.2 Å². The molecule has 8 heteroatoms. The summed E-state index contributed by atoms with van der Waals surface area (Å²) in [5.74, 6) is -0.389. The quantitative estimate of drug-likeness (QED) is 0.0560. The van der Waals surface area contributed by atoms with E-state index >= 15 is 0 Å². The molecule has 0 spiro atoms. The molecule has 6 aromatic carbocycles. The van der Waals surface area contributed by atoms with Crippen molar-refractivity contribution < 1.29 is 28.6 Å². The molecule has 0 unspecified atom stereocenters. The lowest BCUT2D eigenvalue weighted by atomic mass is 9.86. The largest absolute Gasteiger partial charge is 0.462 e. The van der Waals surface area contributed by atoms with E-state index in [-0.39, 0.29) is 12.6 Å². The van der Waals surface area contributed by atoms with Crippen molar-refractivity contribution in [1.82, 2.24) is 10.6 Å². The zero-order chi connectivity index (χ0) is 39.3. The summed E-state index contributed by atoms with van der Waals surface area (Å²) in [4.78, 5) is 38.0. The Bertz CT molecular complexity index is 2240. The van der Waals surface area contributed by atoms with Gasteiger partial charge in [0.15, 0.2) is 0 Å². The standard InChI is InChI=1S/C47H52N2O6/c1-8-53-43(50)37-28-35(14-10-26-48-44(51)54-46(2,3)4)40(36(29-37)15-11-27-49-45(52)55-47(5,6)7)33-18-16-30(17-19-33)38-24-22-34-21-20-31-12-9-13-32-23-25-39(38)42(34)41(31)32/h9,12-13,16-25,28-29H,8,10-11,14-15,26-27H2,1-7H3,(H,48,51)(H,49,52). The molecular weight excluding hydrogens is 689 g/mol. The number of hydrogen-bond donors (Lipinski definition) is 2. The summed E-state index contributed by atoms with van der Waals surface area (Å²) in [7, 11) is 0. The van der Waals surface area contributed by atoms with Gasteiger partial charge in [0.2, 0.25) is 0 Å². The third-order valence-corrected chi connectivity index (χ3v) is 9.41. The molecule has 0 aliphatic heterocycles. The second kappa shape index (κ2) is 16.4. The second-order valence-electron chi connectivity index (χ2n) is 16.0. The summed E-state index contributed by atoms with van der Waals surface area (Å²) in [5.41, 5.74) is 5.55. The molecule has 0 heterocycles. The van der Waals surface area contributed by atoms with Crippen LogP contribution in [0.4, 0.5) is 9.59 Å². The van der Waals surface area contributed by atoms with Crippen molar-refractivity contribution in [3.8, 4) is 22.3 Å². The van der Waals surface area contributed by atoms with Crippen LogP contribution in [0.15, 0.2) is 91.0 Å². The number of alkyl carbamates (subject to hydrolysis) is 2. The highest BCUT2D eigenvalue weighted by Gasteiger charge is 2.20. The van der Waals surface area contributed by atoms with Crippen LogP contribution in [0.5, 0.6) is 0 Å². The number of amides is 2. The van der Waals surface area contributed by atoms with Crippen LogP contribution in [0, 0.1) is 0 Å². The van der Waals surface area contributed by atoms with Gasteiger partial charge in [-0.05, 0) is 152 Å². The monoisotopic (exact) mass is 740 g/mol. The van der Waals surface area contributed by atoms with E-state index in [2.05, 4.69) is 89.5 Å². The molecule has 2 N–H and O–H groups in total. The molecule has 0 radical (unpaired) electrons.